The van der Waals surface area contributed by atoms with E-state index in [1.165, 1.54) is 0 Å². The van der Waals surface area contributed by atoms with Crippen LogP contribution in [0.15, 0.2) is 42.5 Å². The minimum atomic E-state index is -0.0879. The number of amides is 1. The third-order valence-corrected chi connectivity index (χ3v) is 3.78. The lowest BCUT2D eigenvalue weighted by Crippen LogP contribution is -2.24. The smallest absolute Gasteiger partial charge is 0.251 e. The van der Waals surface area contributed by atoms with Gasteiger partial charge in [-0.05, 0) is 42.8 Å². The number of hydrogen-bond donors (Lipinski definition) is 1. The summed E-state index contributed by atoms with van der Waals surface area (Å²) in [6.07, 6.45) is 2.01. The van der Waals surface area contributed by atoms with Crippen LogP contribution in [-0.2, 0) is 6.61 Å². The quantitative estimate of drug-likeness (QED) is 0.717. The van der Waals surface area contributed by atoms with Crippen molar-refractivity contribution in [1.29, 1.82) is 0 Å². The molecule has 0 spiro atoms. The second-order valence-electron chi connectivity index (χ2n) is 5.38. The van der Waals surface area contributed by atoms with Gasteiger partial charge in [0, 0.05) is 22.7 Å². The van der Waals surface area contributed by atoms with Crippen molar-refractivity contribution in [2.45, 2.75) is 26.4 Å². The lowest BCUT2D eigenvalue weighted by Gasteiger charge is -2.12. The summed E-state index contributed by atoms with van der Waals surface area (Å²) in [5, 5.41) is 3.52. The molecular formula is C19H22ClNO3. The molecule has 1 N–H and O–H groups in total. The highest BCUT2D eigenvalue weighted by atomic mass is 35.5. The zero-order valence-electron chi connectivity index (χ0n) is 14.0. The molecule has 5 heteroatoms. The monoisotopic (exact) mass is 347 g/mol. The number of unbranched alkanes of at least 4 members (excludes halogenated alkanes) is 1. The molecule has 0 aliphatic rings. The van der Waals surface area contributed by atoms with Gasteiger partial charge in [0.05, 0.1) is 7.11 Å². The van der Waals surface area contributed by atoms with Crippen LogP contribution in [0.2, 0.25) is 5.02 Å². The summed E-state index contributed by atoms with van der Waals surface area (Å²) in [6.45, 7) is 3.06. The van der Waals surface area contributed by atoms with Gasteiger partial charge in [0.25, 0.3) is 5.91 Å². The van der Waals surface area contributed by atoms with Crippen LogP contribution in [0.4, 0.5) is 0 Å². The van der Waals surface area contributed by atoms with E-state index in [1.807, 2.05) is 12.1 Å². The number of ether oxygens (including phenoxy) is 2. The van der Waals surface area contributed by atoms with Gasteiger partial charge in [-0.15, -0.1) is 0 Å². The van der Waals surface area contributed by atoms with E-state index >= 15 is 0 Å². The molecule has 128 valence electrons. The number of carbonyl (C=O) groups excluding carboxylic acids is 1. The molecule has 2 aromatic carbocycles. The number of rotatable bonds is 8. The second-order valence-corrected chi connectivity index (χ2v) is 5.82. The van der Waals surface area contributed by atoms with Crippen LogP contribution in [0.5, 0.6) is 11.5 Å². The third-order valence-electron chi connectivity index (χ3n) is 3.55. The van der Waals surface area contributed by atoms with Crippen LogP contribution in [-0.4, -0.2) is 19.6 Å². The lowest BCUT2D eigenvalue weighted by molar-refractivity contribution is 0.0953. The largest absolute Gasteiger partial charge is 0.496 e. The molecule has 4 nitrogen and oxygen atoms in total. The van der Waals surface area contributed by atoms with Crippen molar-refractivity contribution < 1.29 is 14.3 Å². The van der Waals surface area contributed by atoms with Crippen LogP contribution in [0.3, 0.4) is 0 Å². The van der Waals surface area contributed by atoms with Crippen molar-refractivity contribution in [3.8, 4) is 11.5 Å². The van der Waals surface area contributed by atoms with E-state index in [1.54, 1.807) is 37.4 Å². The third kappa shape index (κ3) is 5.17. The zero-order chi connectivity index (χ0) is 17.4. The van der Waals surface area contributed by atoms with E-state index in [0.717, 1.165) is 18.4 Å². The molecule has 0 aliphatic heterocycles. The van der Waals surface area contributed by atoms with Crippen molar-refractivity contribution in [2.24, 2.45) is 0 Å². The minimum Gasteiger partial charge on any atom is -0.496 e. The Labute approximate surface area is 147 Å². The van der Waals surface area contributed by atoms with Crippen LogP contribution in [0.25, 0.3) is 0 Å². The normalized spacial score (nSPS) is 10.3. The van der Waals surface area contributed by atoms with E-state index in [9.17, 15) is 4.79 Å². The SMILES string of the molecule is CCCCNC(=O)c1ccc(OC)c(COc2cccc(Cl)c2)c1. The Morgan fingerprint density at radius 2 is 2.04 bits per heavy atom. The molecule has 24 heavy (non-hydrogen) atoms. The molecule has 2 aromatic rings. The van der Waals surface area contributed by atoms with Crippen LogP contribution >= 0.6 is 11.6 Å². The van der Waals surface area contributed by atoms with Crippen LogP contribution in [0, 0.1) is 0 Å². The number of methoxy groups -OCH3 is 1. The van der Waals surface area contributed by atoms with Crippen LogP contribution in [0.1, 0.15) is 35.7 Å². The highest BCUT2D eigenvalue weighted by Crippen LogP contribution is 2.23. The number of halogens is 1. The fourth-order valence-electron chi connectivity index (χ4n) is 2.23. The summed E-state index contributed by atoms with van der Waals surface area (Å²) < 4.78 is 11.1. The molecule has 0 aliphatic carbocycles. The molecule has 0 atom stereocenters. The van der Waals surface area contributed by atoms with Crippen molar-refractivity contribution in [3.63, 3.8) is 0 Å². The number of hydrogen-bond acceptors (Lipinski definition) is 3. The van der Waals surface area contributed by atoms with Gasteiger partial charge >= 0.3 is 0 Å². The van der Waals surface area contributed by atoms with Crippen molar-refractivity contribution in [1.82, 2.24) is 5.32 Å². The number of nitrogens with one attached hydrogen (secondary N) is 1. The summed E-state index contributed by atoms with van der Waals surface area (Å²) in [4.78, 5) is 12.2. The molecule has 0 bridgehead atoms. The highest BCUT2D eigenvalue weighted by molar-refractivity contribution is 6.30. The van der Waals surface area contributed by atoms with Gasteiger partial charge in [0.2, 0.25) is 0 Å². The van der Waals surface area contributed by atoms with Gasteiger partial charge in [-0.2, -0.15) is 0 Å². The molecule has 0 saturated carbocycles. The Morgan fingerprint density at radius 1 is 1.21 bits per heavy atom. The number of benzene rings is 2. The Morgan fingerprint density at radius 3 is 2.75 bits per heavy atom. The fourth-order valence-corrected chi connectivity index (χ4v) is 2.41. The van der Waals surface area contributed by atoms with E-state index in [4.69, 9.17) is 21.1 Å². The van der Waals surface area contributed by atoms with E-state index < -0.39 is 0 Å². The maximum atomic E-state index is 12.2. The van der Waals surface area contributed by atoms with Gasteiger partial charge < -0.3 is 14.8 Å². The summed E-state index contributed by atoms with van der Waals surface area (Å²) >= 11 is 5.95. The fraction of sp³-hybridized carbons (Fsp3) is 0.316. The molecule has 0 saturated heterocycles. The lowest BCUT2D eigenvalue weighted by atomic mass is 10.1. The van der Waals surface area contributed by atoms with Crippen molar-refractivity contribution in [3.05, 3.63) is 58.6 Å². The molecule has 0 aromatic heterocycles. The van der Waals surface area contributed by atoms with Gasteiger partial charge in [0.15, 0.2) is 0 Å². The van der Waals surface area contributed by atoms with Crippen molar-refractivity contribution >= 4 is 17.5 Å². The first-order valence-corrected chi connectivity index (χ1v) is 8.35. The Balaban J connectivity index is 2.09. The van der Waals surface area contributed by atoms with Gasteiger partial charge in [-0.1, -0.05) is 31.0 Å². The predicted octanol–water partition coefficient (Wildman–Crippen LogP) is 4.46. The van der Waals surface area contributed by atoms with Crippen LogP contribution < -0.4 is 14.8 Å². The maximum Gasteiger partial charge on any atom is 0.251 e. The first-order chi connectivity index (χ1) is 11.6. The molecule has 0 unspecified atom stereocenters. The Kier molecular flexibility index (Phi) is 6.94. The topological polar surface area (TPSA) is 47.6 Å². The molecule has 0 fully saturated rings. The summed E-state index contributed by atoms with van der Waals surface area (Å²) in [5.41, 5.74) is 1.40. The maximum absolute atomic E-state index is 12.2. The average molecular weight is 348 g/mol. The summed E-state index contributed by atoms with van der Waals surface area (Å²) in [6, 6.07) is 12.5. The Hall–Kier alpha value is -2.20. The number of carbonyl (C=O) groups is 1. The average Bonchev–Trinajstić information content (AvgIpc) is 2.60. The summed E-state index contributed by atoms with van der Waals surface area (Å²) in [5.74, 6) is 1.26. The molecule has 1 amide bonds. The second kappa shape index (κ2) is 9.18. The minimum absolute atomic E-state index is 0.0879. The first kappa shape index (κ1) is 18.1. The molecule has 2 rings (SSSR count). The van der Waals surface area contributed by atoms with E-state index in [2.05, 4.69) is 12.2 Å². The van der Waals surface area contributed by atoms with E-state index in [0.29, 0.717) is 35.2 Å². The molecule has 0 heterocycles. The molecule has 0 radical (unpaired) electrons. The van der Waals surface area contributed by atoms with Gasteiger partial charge in [-0.3, -0.25) is 4.79 Å². The van der Waals surface area contributed by atoms with Crippen molar-refractivity contribution in [2.75, 3.05) is 13.7 Å². The van der Waals surface area contributed by atoms with E-state index in [-0.39, 0.29) is 5.91 Å². The van der Waals surface area contributed by atoms with Gasteiger partial charge in [-0.25, -0.2) is 0 Å². The van der Waals surface area contributed by atoms with Gasteiger partial charge in [0.1, 0.15) is 18.1 Å². The molecular weight excluding hydrogens is 326 g/mol. The first-order valence-electron chi connectivity index (χ1n) is 7.97. The summed E-state index contributed by atoms with van der Waals surface area (Å²) in [7, 11) is 1.60. The zero-order valence-corrected chi connectivity index (χ0v) is 14.7. The highest BCUT2D eigenvalue weighted by Gasteiger charge is 2.11. The Bertz CT molecular complexity index is 688. The standard InChI is InChI=1S/C19H22ClNO3/c1-3-4-10-21-19(22)14-8-9-18(23-2)15(11-14)13-24-17-7-5-6-16(20)12-17/h5-9,11-12H,3-4,10,13H2,1-2H3,(H,21,22). The predicted molar refractivity (Wildman–Crippen MR) is 96.0 cm³/mol.